The molecule has 3 nitrogen and oxygen atoms in total. The summed E-state index contributed by atoms with van der Waals surface area (Å²) in [5.41, 5.74) is 0. The van der Waals surface area contributed by atoms with Crippen LogP contribution in [0.3, 0.4) is 0 Å². The van der Waals surface area contributed by atoms with E-state index in [0.29, 0.717) is 18.0 Å². The third-order valence-electron chi connectivity index (χ3n) is 2.92. The molecule has 0 aliphatic heterocycles. The van der Waals surface area contributed by atoms with Crippen molar-refractivity contribution in [1.29, 1.82) is 0 Å². The van der Waals surface area contributed by atoms with E-state index in [0.717, 1.165) is 10.0 Å². The summed E-state index contributed by atoms with van der Waals surface area (Å²) in [7, 11) is 0. The summed E-state index contributed by atoms with van der Waals surface area (Å²) < 4.78 is 0. The minimum Gasteiger partial charge on any atom is -0.305 e. The summed E-state index contributed by atoms with van der Waals surface area (Å²) in [5.74, 6) is 0.696. The van der Waals surface area contributed by atoms with E-state index in [1.54, 1.807) is 11.3 Å². The molecule has 1 aromatic rings. The van der Waals surface area contributed by atoms with Gasteiger partial charge in [0.05, 0.1) is 6.04 Å². The first kappa shape index (κ1) is 12.6. The van der Waals surface area contributed by atoms with Crippen LogP contribution in [0.2, 0.25) is 0 Å². The highest BCUT2D eigenvalue weighted by molar-refractivity contribution is 7.11. The van der Waals surface area contributed by atoms with E-state index >= 15 is 0 Å². The molecule has 1 aromatic heterocycles. The number of nitrogens with zero attached hydrogens (tertiary/aromatic N) is 2. The van der Waals surface area contributed by atoms with Crippen LogP contribution in [0.25, 0.3) is 0 Å². The van der Waals surface area contributed by atoms with Gasteiger partial charge in [-0.1, -0.05) is 20.3 Å². The number of nitrogens with one attached hydrogen (secondary N) is 1. The van der Waals surface area contributed by atoms with Gasteiger partial charge in [-0.2, -0.15) is 0 Å². The standard InChI is InChI=1S/C11H21N3S/c1-6-7(2)8(3)12-9(4)11-14-13-10(5)15-11/h7-9,12H,6H2,1-5H3. The van der Waals surface area contributed by atoms with E-state index in [1.165, 1.54) is 6.42 Å². The number of hydrogen-bond acceptors (Lipinski definition) is 4. The molecular formula is C11H21N3S. The van der Waals surface area contributed by atoms with Gasteiger partial charge in [0, 0.05) is 6.04 Å². The minimum absolute atomic E-state index is 0.306. The Balaban J connectivity index is 2.52. The van der Waals surface area contributed by atoms with Crippen LogP contribution in [0.15, 0.2) is 0 Å². The van der Waals surface area contributed by atoms with E-state index in [9.17, 15) is 0 Å². The van der Waals surface area contributed by atoms with E-state index < -0.39 is 0 Å². The Morgan fingerprint density at radius 3 is 2.40 bits per heavy atom. The average Bonchev–Trinajstić information content (AvgIpc) is 2.63. The van der Waals surface area contributed by atoms with Crippen LogP contribution in [0.5, 0.6) is 0 Å². The van der Waals surface area contributed by atoms with Gasteiger partial charge in [-0.05, 0) is 26.7 Å². The monoisotopic (exact) mass is 227 g/mol. The maximum Gasteiger partial charge on any atom is 0.134 e. The lowest BCUT2D eigenvalue weighted by Gasteiger charge is -2.23. The summed E-state index contributed by atoms with van der Waals surface area (Å²) in [6.45, 7) is 10.9. The summed E-state index contributed by atoms with van der Waals surface area (Å²) in [5, 5.41) is 13.9. The van der Waals surface area contributed by atoms with Crippen LogP contribution < -0.4 is 5.32 Å². The van der Waals surface area contributed by atoms with Gasteiger partial charge in [0.25, 0.3) is 0 Å². The lowest BCUT2D eigenvalue weighted by Crippen LogP contribution is -2.33. The first-order valence-electron chi connectivity index (χ1n) is 5.60. The quantitative estimate of drug-likeness (QED) is 0.840. The number of hydrogen-bond donors (Lipinski definition) is 1. The normalized spacial score (nSPS) is 17.4. The third kappa shape index (κ3) is 3.54. The predicted octanol–water partition coefficient (Wildman–Crippen LogP) is 2.93. The van der Waals surface area contributed by atoms with Gasteiger partial charge >= 0.3 is 0 Å². The van der Waals surface area contributed by atoms with Gasteiger partial charge in [0.15, 0.2) is 0 Å². The molecule has 0 saturated carbocycles. The Morgan fingerprint density at radius 1 is 1.27 bits per heavy atom. The number of aryl methyl sites for hydroxylation is 1. The summed E-state index contributed by atoms with van der Waals surface area (Å²) in [4.78, 5) is 0. The first-order chi connectivity index (χ1) is 7.04. The Hall–Kier alpha value is -0.480. The molecule has 86 valence electrons. The zero-order chi connectivity index (χ0) is 11.4. The molecule has 1 N–H and O–H groups in total. The fourth-order valence-electron chi connectivity index (χ4n) is 1.47. The highest BCUT2D eigenvalue weighted by atomic mass is 32.1. The molecular weight excluding hydrogens is 206 g/mol. The SMILES string of the molecule is CCC(C)C(C)NC(C)c1nnc(C)s1. The van der Waals surface area contributed by atoms with Gasteiger partial charge in [0.2, 0.25) is 0 Å². The largest absolute Gasteiger partial charge is 0.305 e. The van der Waals surface area contributed by atoms with E-state index in [1.807, 2.05) is 6.92 Å². The van der Waals surface area contributed by atoms with Crippen molar-refractivity contribution in [3.8, 4) is 0 Å². The molecule has 0 amide bonds. The van der Waals surface area contributed by atoms with Crippen molar-refractivity contribution in [2.24, 2.45) is 5.92 Å². The maximum absolute atomic E-state index is 4.16. The fourth-order valence-corrected chi connectivity index (χ4v) is 2.18. The van der Waals surface area contributed by atoms with E-state index in [4.69, 9.17) is 0 Å². The molecule has 0 aliphatic carbocycles. The Bertz CT molecular complexity index is 298. The van der Waals surface area contributed by atoms with E-state index in [2.05, 4.69) is 43.2 Å². The van der Waals surface area contributed by atoms with Crippen molar-refractivity contribution < 1.29 is 0 Å². The van der Waals surface area contributed by atoms with Crippen LogP contribution in [0.1, 0.15) is 50.2 Å². The average molecular weight is 227 g/mol. The molecule has 0 radical (unpaired) electrons. The smallest absolute Gasteiger partial charge is 0.134 e. The van der Waals surface area contributed by atoms with Crippen molar-refractivity contribution in [2.45, 2.75) is 53.1 Å². The summed E-state index contributed by atoms with van der Waals surface area (Å²) in [6.07, 6.45) is 1.20. The van der Waals surface area contributed by atoms with Crippen LogP contribution in [-0.2, 0) is 0 Å². The molecule has 1 heterocycles. The van der Waals surface area contributed by atoms with Crippen molar-refractivity contribution in [3.63, 3.8) is 0 Å². The molecule has 0 spiro atoms. The second-order valence-electron chi connectivity index (χ2n) is 4.22. The summed E-state index contributed by atoms with van der Waals surface area (Å²) in [6, 6.07) is 0.828. The van der Waals surface area contributed by atoms with Gasteiger partial charge in [0.1, 0.15) is 10.0 Å². The van der Waals surface area contributed by atoms with Crippen LogP contribution in [-0.4, -0.2) is 16.2 Å². The van der Waals surface area contributed by atoms with Crippen LogP contribution in [0.4, 0.5) is 0 Å². The first-order valence-corrected chi connectivity index (χ1v) is 6.42. The van der Waals surface area contributed by atoms with Gasteiger partial charge in [-0.25, -0.2) is 0 Å². The van der Waals surface area contributed by atoms with Gasteiger partial charge in [-0.15, -0.1) is 21.5 Å². The van der Waals surface area contributed by atoms with E-state index in [-0.39, 0.29) is 0 Å². The minimum atomic E-state index is 0.306. The molecule has 0 saturated heterocycles. The number of aromatic nitrogens is 2. The molecule has 0 aliphatic rings. The van der Waals surface area contributed by atoms with Crippen molar-refractivity contribution in [3.05, 3.63) is 10.0 Å². The second-order valence-corrected chi connectivity index (χ2v) is 5.44. The van der Waals surface area contributed by atoms with Crippen molar-refractivity contribution >= 4 is 11.3 Å². The van der Waals surface area contributed by atoms with Crippen LogP contribution in [0, 0.1) is 12.8 Å². The van der Waals surface area contributed by atoms with Crippen molar-refractivity contribution in [1.82, 2.24) is 15.5 Å². The fraction of sp³-hybridized carbons (Fsp3) is 0.818. The predicted molar refractivity (Wildman–Crippen MR) is 65.1 cm³/mol. The number of rotatable bonds is 5. The highest BCUT2D eigenvalue weighted by Gasteiger charge is 2.16. The molecule has 15 heavy (non-hydrogen) atoms. The Kier molecular flexibility index (Phi) is 4.67. The van der Waals surface area contributed by atoms with Gasteiger partial charge in [-0.3, -0.25) is 0 Å². The second kappa shape index (κ2) is 5.56. The third-order valence-corrected chi connectivity index (χ3v) is 3.94. The topological polar surface area (TPSA) is 37.8 Å². The highest BCUT2D eigenvalue weighted by Crippen LogP contribution is 2.19. The molecule has 3 atom stereocenters. The maximum atomic E-state index is 4.16. The molecule has 3 unspecified atom stereocenters. The Labute approximate surface area is 96.3 Å². The zero-order valence-electron chi connectivity index (χ0n) is 10.2. The molecule has 4 heteroatoms. The molecule has 1 rings (SSSR count). The molecule has 0 aromatic carbocycles. The van der Waals surface area contributed by atoms with Gasteiger partial charge < -0.3 is 5.32 Å². The Morgan fingerprint density at radius 2 is 1.93 bits per heavy atom. The lowest BCUT2D eigenvalue weighted by atomic mass is 10.0. The molecule has 0 bridgehead atoms. The van der Waals surface area contributed by atoms with Crippen molar-refractivity contribution in [2.75, 3.05) is 0 Å². The summed E-state index contributed by atoms with van der Waals surface area (Å²) >= 11 is 1.67. The lowest BCUT2D eigenvalue weighted by molar-refractivity contribution is 0.359. The molecule has 0 fully saturated rings. The van der Waals surface area contributed by atoms with Crippen LogP contribution >= 0.6 is 11.3 Å². The zero-order valence-corrected chi connectivity index (χ0v) is 11.1.